The predicted octanol–water partition coefficient (Wildman–Crippen LogP) is 10.6. The van der Waals surface area contributed by atoms with E-state index in [4.69, 9.17) is 19.4 Å². The molecule has 0 amide bonds. The molecule has 3 fully saturated rings. The summed E-state index contributed by atoms with van der Waals surface area (Å²) in [6.07, 6.45) is 23.8. The van der Waals surface area contributed by atoms with Gasteiger partial charge in [-0.05, 0) is 77.0 Å². The van der Waals surface area contributed by atoms with Crippen LogP contribution in [0.5, 0.6) is 5.75 Å². The van der Waals surface area contributed by atoms with Crippen molar-refractivity contribution in [1.29, 1.82) is 0 Å². The minimum absolute atomic E-state index is 0.0465. The summed E-state index contributed by atoms with van der Waals surface area (Å²) in [5.41, 5.74) is 6.31. The molecule has 7 heteroatoms. The Morgan fingerprint density at radius 1 is 0.825 bits per heavy atom. The molecular formula is C33H49Cl2FNOPRu+2. The van der Waals surface area contributed by atoms with Crippen molar-refractivity contribution in [3.63, 3.8) is 0 Å². The number of para-hydroxylation sites is 2. The van der Waals surface area contributed by atoms with Gasteiger partial charge in [-0.1, -0.05) is 19.3 Å². The summed E-state index contributed by atoms with van der Waals surface area (Å²) >= 11 is -1.99. The van der Waals surface area contributed by atoms with E-state index in [1.54, 1.807) is 114 Å². The van der Waals surface area contributed by atoms with Gasteiger partial charge in [0.05, 0.1) is 17.0 Å². The third-order valence-electron chi connectivity index (χ3n) is 9.14. The van der Waals surface area contributed by atoms with E-state index in [1.165, 1.54) is 29.1 Å². The van der Waals surface area contributed by atoms with Crippen molar-refractivity contribution in [3.05, 3.63) is 59.4 Å². The Hall–Kier alpha value is -0.527. The number of hydrogen-bond acceptors (Lipinski definition) is 1. The number of hydrogen-bond donors (Lipinski definition) is 1. The van der Waals surface area contributed by atoms with Crippen molar-refractivity contribution in [2.45, 2.75) is 120 Å². The molecule has 0 aliphatic heterocycles. The van der Waals surface area contributed by atoms with Gasteiger partial charge in [-0.25, -0.2) is 0 Å². The summed E-state index contributed by atoms with van der Waals surface area (Å²) in [5, 5.41) is 3.31. The SMILES string of the molecule is C1CCC([PH+](C2CCCCC2)C2CCCCC2)CC1.C[OH+]c1ccccc1NCc1ccc(F)cc1[CH]=[Ru]([Cl])[Cl]. The Kier molecular flexibility index (Phi) is 14.2. The van der Waals surface area contributed by atoms with Crippen LogP contribution in [-0.2, 0) is 20.1 Å². The van der Waals surface area contributed by atoms with Crippen LogP contribution < -0.4 is 5.32 Å². The van der Waals surface area contributed by atoms with Crippen LogP contribution in [0, 0.1) is 5.82 Å². The van der Waals surface area contributed by atoms with E-state index in [9.17, 15) is 4.39 Å². The second kappa shape index (κ2) is 17.6. The van der Waals surface area contributed by atoms with Crippen molar-refractivity contribution in [2.24, 2.45) is 0 Å². The molecule has 5 rings (SSSR count). The summed E-state index contributed by atoms with van der Waals surface area (Å²) in [7, 11) is 13.5. The second-order valence-corrected chi connectivity index (χ2v) is 20.9. The van der Waals surface area contributed by atoms with Gasteiger partial charge in [0, 0.05) is 7.92 Å². The van der Waals surface area contributed by atoms with Crippen molar-refractivity contribution in [1.82, 2.24) is 0 Å². The second-order valence-electron chi connectivity index (χ2n) is 11.7. The van der Waals surface area contributed by atoms with E-state index in [-0.39, 0.29) is 13.7 Å². The fraction of sp³-hybridized carbons (Fsp3) is 0.606. The Morgan fingerprint density at radius 2 is 1.35 bits per heavy atom. The Labute approximate surface area is 256 Å². The number of aliphatic hydroxyl groups is 1. The fourth-order valence-corrected chi connectivity index (χ4v) is 14.3. The van der Waals surface area contributed by atoms with Gasteiger partial charge < -0.3 is 0 Å². The van der Waals surface area contributed by atoms with Gasteiger partial charge in [-0.15, -0.1) is 0 Å². The fourth-order valence-electron chi connectivity index (χ4n) is 7.22. The first-order chi connectivity index (χ1) is 19.5. The molecule has 0 unspecified atom stereocenters. The Bertz CT molecular complexity index is 1020. The molecule has 3 aliphatic carbocycles. The van der Waals surface area contributed by atoms with E-state index >= 15 is 0 Å². The van der Waals surface area contributed by atoms with E-state index in [2.05, 4.69) is 10.1 Å². The predicted molar refractivity (Wildman–Crippen MR) is 174 cm³/mol. The molecule has 0 saturated heterocycles. The van der Waals surface area contributed by atoms with Crippen LogP contribution in [0.4, 0.5) is 10.1 Å². The first-order valence-corrected chi connectivity index (χ1v) is 22.7. The van der Waals surface area contributed by atoms with Crippen LogP contribution in [0.3, 0.4) is 0 Å². The molecule has 3 saturated carbocycles. The van der Waals surface area contributed by atoms with Crippen LogP contribution in [0.15, 0.2) is 42.5 Å². The summed E-state index contributed by atoms with van der Waals surface area (Å²) in [6.45, 7) is 0.550. The van der Waals surface area contributed by atoms with Gasteiger partial charge in [-0.3, -0.25) is 0 Å². The molecule has 2 aromatic carbocycles. The molecule has 0 radical (unpaired) electrons. The quantitative estimate of drug-likeness (QED) is 0.126. The molecule has 0 aromatic heterocycles. The van der Waals surface area contributed by atoms with Gasteiger partial charge in [-0.2, -0.15) is 0 Å². The van der Waals surface area contributed by atoms with E-state index in [0.717, 1.165) is 22.6 Å². The van der Waals surface area contributed by atoms with Crippen LogP contribution >= 0.6 is 27.3 Å². The number of ether oxygens (including phenoxy) is 1. The normalized spacial score (nSPS) is 19.5. The molecule has 0 heterocycles. The molecule has 0 bridgehead atoms. The van der Waals surface area contributed by atoms with Crippen molar-refractivity contribution < 1.29 is 22.6 Å². The number of aromatic hydroxyl groups is 1. The van der Waals surface area contributed by atoms with E-state index in [1.807, 2.05) is 24.3 Å². The van der Waals surface area contributed by atoms with E-state index in [0.29, 0.717) is 6.54 Å². The Balaban J connectivity index is 0.000000186. The molecule has 0 spiro atoms. The van der Waals surface area contributed by atoms with E-state index < -0.39 is 13.5 Å². The van der Waals surface area contributed by atoms with Gasteiger partial charge in [0.15, 0.2) is 0 Å². The first kappa shape index (κ1) is 32.4. The minimum atomic E-state index is -1.99. The van der Waals surface area contributed by atoms with Gasteiger partial charge in [0.1, 0.15) is 0 Å². The first-order valence-electron chi connectivity index (χ1n) is 15.5. The molecular weight excluding hydrogens is 648 g/mol. The topological polar surface area (TPSA) is 24.8 Å². The molecule has 40 heavy (non-hydrogen) atoms. The molecule has 2 aromatic rings. The Morgan fingerprint density at radius 3 is 1.85 bits per heavy atom. The third kappa shape index (κ3) is 10.0. The summed E-state index contributed by atoms with van der Waals surface area (Å²) < 4.78 is 19.3. The van der Waals surface area contributed by atoms with Gasteiger partial charge in [0.2, 0.25) is 0 Å². The standard InChI is InChI=1S/C18H33P.C15H14FNO.2ClH.Ru/c1-4-10-16(11-5-1)19(17-12-6-2-7-13-17)18-14-8-3-9-15-18;1-11-9-13(16)8-7-12(11)10-17-14-5-3-4-6-15(14)18-2;;;/h16-18H,1-15H2;1,3-9,17H,10H2,2H3;2*1H;/q;;;;+2. The number of anilines is 1. The van der Waals surface area contributed by atoms with Crippen molar-refractivity contribution >= 4 is 37.6 Å². The zero-order chi connectivity index (χ0) is 28.2. The molecule has 2 N–H and O–H groups in total. The summed E-state index contributed by atoms with van der Waals surface area (Å²) in [6, 6.07) is 12.4. The number of halogens is 3. The van der Waals surface area contributed by atoms with Crippen molar-refractivity contribution in [3.8, 4) is 5.75 Å². The molecule has 0 atom stereocenters. The zero-order valence-corrected chi connectivity index (χ0v) is 28.3. The number of rotatable bonds is 8. The van der Waals surface area contributed by atoms with Crippen LogP contribution in [0.2, 0.25) is 0 Å². The maximum atomic E-state index is 13.4. The van der Waals surface area contributed by atoms with Gasteiger partial charge in [0.25, 0.3) is 0 Å². The molecule has 224 valence electrons. The average Bonchev–Trinajstić information content (AvgIpc) is 2.99. The maximum absolute atomic E-state index is 13.4. The summed E-state index contributed by atoms with van der Waals surface area (Å²) in [4.78, 5) is 0. The van der Waals surface area contributed by atoms with Gasteiger partial charge >= 0.3 is 136 Å². The summed E-state index contributed by atoms with van der Waals surface area (Å²) in [5.74, 6) is 0.588. The average molecular weight is 698 g/mol. The molecule has 2 nitrogen and oxygen atoms in total. The number of benzene rings is 2. The van der Waals surface area contributed by atoms with Crippen molar-refractivity contribution in [2.75, 3.05) is 12.4 Å². The number of nitrogens with one attached hydrogen (secondary N) is 1. The zero-order valence-electron chi connectivity index (χ0n) is 24.1. The van der Waals surface area contributed by atoms with Crippen LogP contribution in [-0.4, -0.2) is 33.4 Å². The monoisotopic (exact) mass is 697 g/mol. The molecule has 3 aliphatic rings. The van der Waals surface area contributed by atoms with Crippen LogP contribution in [0.25, 0.3) is 0 Å². The van der Waals surface area contributed by atoms with Crippen LogP contribution in [0.1, 0.15) is 107 Å². The third-order valence-corrected chi connectivity index (χ3v) is 15.5.